The van der Waals surface area contributed by atoms with Crippen LogP contribution in [0.5, 0.6) is 11.5 Å². The van der Waals surface area contributed by atoms with E-state index in [-0.39, 0.29) is 34.4 Å². The second-order valence-electron chi connectivity index (χ2n) is 6.51. The highest BCUT2D eigenvalue weighted by molar-refractivity contribution is 7.15. The maximum Gasteiger partial charge on any atom is 0.268 e. The van der Waals surface area contributed by atoms with E-state index in [2.05, 4.69) is 15.5 Å². The molecule has 170 valence electrons. The Morgan fingerprint density at radius 2 is 1.97 bits per heavy atom. The number of carbonyl (C=O) groups is 1. The Morgan fingerprint density at radius 3 is 2.64 bits per heavy atom. The van der Waals surface area contributed by atoms with Gasteiger partial charge in [0.1, 0.15) is 23.3 Å². The molecular weight excluding hydrogens is 457 g/mol. The minimum Gasteiger partial charge on any atom is -0.493 e. The number of benzene rings is 2. The first-order valence-electron chi connectivity index (χ1n) is 9.55. The standard InChI is InChI=1S/C22H17F3N4O3S/c1-3-18-28-29-22(33-18)27-21(30)14(10-26)8-12-4-7-16(17(9-12)31-2)32-11-13-5-6-15(23)20(25)19(13)24/h4-9H,3,11H2,1-2H3,(H,27,29,30). The van der Waals surface area contributed by atoms with Gasteiger partial charge in [0.15, 0.2) is 29.0 Å². The molecule has 0 bridgehead atoms. The number of amides is 1. The highest BCUT2D eigenvalue weighted by Crippen LogP contribution is 2.30. The lowest BCUT2D eigenvalue weighted by atomic mass is 10.1. The number of nitriles is 1. The molecule has 3 aromatic rings. The molecule has 3 rings (SSSR count). The summed E-state index contributed by atoms with van der Waals surface area (Å²) in [7, 11) is 1.37. The minimum atomic E-state index is -1.58. The van der Waals surface area contributed by atoms with Crippen molar-refractivity contribution >= 4 is 28.5 Å². The first-order chi connectivity index (χ1) is 15.9. The Hall–Kier alpha value is -3.91. The molecule has 0 spiro atoms. The molecule has 0 radical (unpaired) electrons. The van der Waals surface area contributed by atoms with Crippen molar-refractivity contribution < 1.29 is 27.4 Å². The van der Waals surface area contributed by atoms with Crippen molar-refractivity contribution in [3.63, 3.8) is 0 Å². The number of halogens is 3. The van der Waals surface area contributed by atoms with Crippen molar-refractivity contribution in [1.29, 1.82) is 5.26 Å². The molecule has 0 aliphatic carbocycles. The summed E-state index contributed by atoms with van der Waals surface area (Å²) in [5.74, 6) is -4.43. The molecule has 0 aliphatic heterocycles. The van der Waals surface area contributed by atoms with E-state index in [1.165, 1.54) is 36.7 Å². The van der Waals surface area contributed by atoms with Crippen LogP contribution in [0.25, 0.3) is 6.08 Å². The quantitative estimate of drug-likeness (QED) is 0.290. The summed E-state index contributed by atoms with van der Waals surface area (Å²) >= 11 is 1.21. The summed E-state index contributed by atoms with van der Waals surface area (Å²) in [5.41, 5.74) is 0.102. The third-order valence-corrected chi connectivity index (χ3v) is 5.33. The van der Waals surface area contributed by atoms with Gasteiger partial charge in [-0.3, -0.25) is 10.1 Å². The van der Waals surface area contributed by atoms with Crippen molar-refractivity contribution in [3.05, 3.63) is 69.5 Å². The van der Waals surface area contributed by atoms with Gasteiger partial charge in [0, 0.05) is 5.56 Å². The van der Waals surface area contributed by atoms with Crippen LogP contribution in [0.15, 0.2) is 35.9 Å². The van der Waals surface area contributed by atoms with Crippen molar-refractivity contribution in [2.24, 2.45) is 0 Å². The topological polar surface area (TPSA) is 97.1 Å². The number of carbonyl (C=O) groups excluding carboxylic acids is 1. The van der Waals surface area contributed by atoms with E-state index >= 15 is 0 Å². The molecule has 0 saturated carbocycles. The molecule has 7 nitrogen and oxygen atoms in total. The molecule has 0 saturated heterocycles. The SMILES string of the molecule is CCc1nnc(NC(=O)C(C#N)=Cc2ccc(OCc3ccc(F)c(F)c3F)c(OC)c2)s1. The van der Waals surface area contributed by atoms with E-state index in [1.54, 1.807) is 6.07 Å². The van der Waals surface area contributed by atoms with Crippen LogP contribution < -0.4 is 14.8 Å². The lowest BCUT2D eigenvalue weighted by Crippen LogP contribution is -2.13. The molecule has 1 amide bonds. The number of ether oxygens (including phenoxy) is 2. The van der Waals surface area contributed by atoms with Crippen LogP contribution in [0.2, 0.25) is 0 Å². The van der Waals surface area contributed by atoms with Crippen LogP contribution in [0.4, 0.5) is 18.3 Å². The van der Waals surface area contributed by atoms with Crippen LogP contribution in [0.1, 0.15) is 23.1 Å². The van der Waals surface area contributed by atoms with Crippen molar-refractivity contribution in [1.82, 2.24) is 10.2 Å². The fourth-order valence-corrected chi connectivity index (χ4v) is 3.33. The zero-order valence-electron chi connectivity index (χ0n) is 17.5. The Bertz CT molecular complexity index is 1250. The van der Waals surface area contributed by atoms with Crippen LogP contribution in [-0.2, 0) is 17.8 Å². The summed E-state index contributed by atoms with van der Waals surface area (Å²) in [6.07, 6.45) is 2.02. The van der Waals surface area contributed by atoms with Gasteiger partial charge in [0.2, 0.25) is 5.13 Å². The van der Waals surface area contributed by atoms with E-state index in [1.807, 2.05) is 13.0 Å². The number of methoxy groups -OCH3 is 1. The molecule has 33 heavy (non-hydrogen) atoms. The molecule has 1 N–H and O–H groups in total. The summed E-state index contributed by atoms with van der Waals surface area (Å²) in [4.78, 5) is 12.4. The molecule has 0 unspecified atom stereocenters. The lowest BCUT2D eigenvalue weighted by molar-refractivity contribution is -0.112. The maximum absolute atomic E-state index is 13.8. The highest BCUT2D eigenvalue weighted by Gasteiger charge is 2.16. The number of aromatic nitrogens is 2. The fourth-order valence-electron chi connectivity index (χ4n) is 2.65. The van der Waals surface area contributed by atoms with Gasteiger partial charge < -0.3 is 9.47 Å². The zero-order chi connectivity index (χ0) is 24.0. The largest absolute Gasteiger partial charge is 0.493 e. The molecule has 0 aliphatic rings. The number of aryl methyl sites for hydroxylation is 1. The first-order valence-corrected chi connectivity index (χ1v) is 10.4. The average Bonchev–Trinajstić information content (AvgIpc) is 3.28. The van der Waals surface area contributed by atoms with E-state index in [9.17, 15) is 23.2 Å². The van der Waals surface area contributed by atoms with Gasteiger partial charge >= 0.3 is 0 Å². The normalized spacial score (nSPS) is 11.1. The molecule has 1 aromatic heterocycles. The monoisotopic (exact) mass is 474 g/mol. The minimum absolute atomic E-state index is 0.175. The molecule has 0 atom stereocenters. The van der Waals surface area contributed by atoms with Crippen LogP contribution in [0, 0.1) is 28.8 Å². The number of rotatable bonds is 8. The summed E-state index contributed by atoms with van der Waals surface area (Å²) < 4.78 is 51.0. The van der Waals surface area contributed by atoms with Gasteiger partial charge in [-0.2, -0.15) is 5.26 Å². The molecule has 0 fully saturated rings. The number of hydrogen-bond donors (Lipinski definition) is 1. The number of nitrogens with one attached hydrogen (secondary N) is 1. The average molecular weight is 474 g/mol. The molecule has 2 aromatic carbocycles. The summed E-state index contributed by atoms with van der Waals surface area (Å²) in [6, 6.07) is 8.25. The Labute approximate surface area is 191 Å². The van der Waals surface area contributed by atoms with E-state index < -0.39 is 23.4 Å². The number of nitrogens with zero attached hydrogens (tertiary/aromatic N) is 3. The van der Waals surface area contributed by atoms with Gasteiger partial charge in [-0.1, -0.05) is 24.3 Å². The highest BCUT2D eigenvalue weighted by atomic mass is 32.1. The summed E-state index contributed by atoms with van der Waals surface area (Å²) in [6.45, 7) is 1.53. The van der Waals surface area contributed by atoms with Gasteiger partial charge in [-0.15, -0.1) is 10.2 Å². The van der Waals surface area contributed by atoms with Gasteiger partial charge in [-0.05, 0) is 42.3 Å². The van der Waals surface area contributed by atoms with Crippen molar-refractivity contribution in [2.75, 3.05) is 12.4 Å². The Morgan fingerprint density at radius 1 is 1.18 bits per heavy atom. The van der Waals surface area contributed by atoms with Crippen LogP contribution in [0.3, 0.4) is 0 Å². The second kappa shape index (κ2) is 10.6. The van der Waals surface area contributed by atoms with Crippen molar-refractivity contribution in [2.45, 2.75) is 20.0 Å². The van der Waals surface area contributed by atoms with Crippen LogP contribution >= 0.6 is 11.3 Å². The van der Waals surface area contributed by atoms with E-state index in [0.717, 1.165) is 17.1 Å². The zero-order valence-corrected chi connectivity index (χ0v) is 18.3. The van der Waals surface area contributed by atoms with Crippen molar-refractivity contribution in [3.8, 4) is 17.6 Å². The van der Waals surface area contributed by atoms with E-state index in [4.69, 9.17) is 9.47 Å². The maximum atomic E-state index is 13.8. The second-order valence-corrected chi connectivity index (χ2v) is 7.57. The van der Waals surface area contributed by atoms with E-state index in [0.29, 0.717) is 12.0 Å². The summed E-state index contributed by atoms with van der Waals surface area (Å²) in [5, 5.41) is 20.7. The van der Waals surface area contributed by atoms with Gasteiger partial charge in [-0.25, -0.2) is 13.2 Å². The molecule has 11 heteroatoms. The number of hydrogen-bond acceptors (Lipinski definition) is 7. The van der Waals surface area contributed by atoms with Gasteiger partial charge in [0.05, 0.1) is 7.11 Å². The predicted octanol–water partition coefficient (Wildman–Crippen LogP) is 4.65. The fraction of sp³-hybridized carbons (Fsp3) is 0.182. The molecular formula is C22H17F3N4O3S. The third kappa shape index (κ3) is 5.67. The Balaban J connectivity index is 1.76. The molecule has 1 heterocycles. The third-order valence-electron chi connectivity index (χ3n) is 4.35. The van der Waals surface area contributed by atoms with Gasteiger partial charge in [0.25, 0.3) is 5.91 Å². The Kier molecular flexibility index (Phi) is 7.63. The first kappa shape index (κ1) is 23.7. The lowest BCUT2D eigenvalue weighted by Gasteiger charge is -2.12. The smallest absolute Gasteiger partial charge is 0.268 e. The number of anilines is 1. The van der Waals surface area contributed by atoms with Crippen LogP contribution in [-0.4, -0.2) is 23.2 Å². The predicted molar refractivity (Wildman–Crippen MR) is 115 cm³/mol.